The zero-order valence-corrected chi connectivity index (χ0v) is 12.2. The number of nitrogens with zero attached hydrogens (tertiary/aromatic N) is 4. The van der Waals surface area contributed by atoms with Crippen LogP contribution < -0.4 is 4.90 Å². The number of aromatic nitrogens is 2. The van der Waals surface area contributed by atoms with Gasteiger partial charge in [-0.3, -0.25) is 9.48 Å². The molecule has 0 spiro atoms. The molecule has 1 amide bonds. The molecule has 1 aliphatic rings. The molecule has 1 aliphatic heterocycles. The Hall–Kier alpha value is -2.57. The molecule has 0 unspecified atom stereocenters. The maximum absolute atomic E-state index is 13.3. The second-order valence-electron chi connectivity index (χ2n) is 5.31. The highest BCUT2D eigenvalue weighted by molar-refractivity contribution is 5.97. The number of phenolic OH excluding ortho intramolecular Hbond substituents is 1. The van der Waals surface area contributed by atoms with Gasteiger partial charge in [-0.15, -0.1) is 0 Å². The summed E-state index contributed by atoms with van der Waals surface area (Å²) in [6, 6.07) is 3.41. The van der Waals surface area contributed by atoms with Crippen molar-refractivity contribution in [2.75, 3.05) is 31.1 Å². The van der Waals surface area contributed by atoms with Gasteiger partial charge in [-0.25, -0.2) is 4.39 Å². The summed E-state index contributed by atoms with van der Waals surface area (Å²) in [5, 5.41) is 13.9. The molecule has 0 bridgehead atoms. The van der Waals surface area contributed by atoms with Crippen LogP contribution in [-0.4, -0.2) is 51.9 Å². The smallest absolute Gasteiger partial charge is 0.257 e. The first kappa shape index (κ1) is 14.4. The van der Waals surface area contributed by atoms with Gasteiger partial charge in [0.15, 0.2) is 0 Å². The summed E-state index contributed by atoms with van der Waals surface area (Å²) in [6.07, 6.45) is 3.71. The quantitative estimate of drug-likeness (QED) is 0.906. The molecule has 1 aromatic carbocycles. The third-order valence-corrected chi connectivity index (χ3v) is 3.81. The number of hydrogen-bond donors (Lipinski definition) is 1. The summed E-state index contributed by atoms with van der Waals surface area (Å²) in [4.78, 5) is 16.2. The van der Waals surface area contributed by atoms with Crippen molar-refractivity contribution >= 4 is 11.6 Å². The Balaban J connectivity index is 1.68. The molecule has 1 saturated heterocycles. The lowest BCUT2D eigenvalue weighted by Crippen LogP contribution is -2.48. The van der Waals surface area contributed by atoms with E-state index in [4.69, 9.17) is 0 Å². The zero-order chi connectivity index (χ0) is 15.7. The molecule has 2 heterocycles. The maximum atomic E-state index is 13.3. The molecule has 0 saturated carbocycles. The fourth-order valence-corrected chi connectivity index (χ4v) is 2.59. The SMILES string of the molecule is Cn1cc(N2CCN(C(=O)c3cc(F)ccc3O)CC2)cn1. The van der Waals surface area contributed by atoms with Crippen molar-refractivity contribution in [1.82, 2.24) is 14.7 Å². The summed E-state index contributed by atoms with van der Waals surface area (Å²) in [5.41, 5.74) is 1.03. The lowest BCUT2D eigenvalue weighted by molar-refractivity contribution is 0.0743. The van der Waals surface area contributed by atoms with Crippen molar-refractivity contribution in [3.05, 3.63) is 42.0 Å². The minimum absolute atomic E-state index is 0.00910. The number of aromatic hydroxyl groups is 1. The van der Waals surface area contributed by atoms with E-state index in [0.29, 0.717) is 26.2 Å². The first-order valence-corrected chi connectivity index (χ1v) is 7.06. The monoisotopic (exact) mass is 304 g/mol. The molecular weight excluding hydrogens is 287 g/mol. The number of piperazine rings is 1. The van der Waals surface area contributed by atoms with Crippen LogP contribution in [0.2, 0.25) is 0 Å². The predicted molar refractivity (Wildman–Crippen MR) is 79.4 cm³/mol. The zero-order valence-electron chi connectivity index (χ0n) is 12.2. The van der Waals surface area contributed by atoms with E-state index in [1.807, 2.05) is 13.2 Å². The van der Waals surface area contributed by atoms with Gasteiger partial charge in [-0.1, -0.05) is 0 Å². The maximum Gasteiger partial charge on any atom is 0.257 e. The van der Waals surface area contributed by atoms with Crippen LogP contribution in [0.4, 0.5) is 10.1 Å². The van der Waals surface area contributed by atoms with Crippen molar-refractivity contribution < 1.29 is 14.3 Å². The van der Waals surface area contributed by atoms with Crippen LogP contribution in [0.25, 0.3) is 0 Å². The molecule has 1 N–H and O–H groups in total. The van der Waals surface area contributed by atoms with Crippen LogP contribution in [0.1, 0.15) is 10.4 Å². The largest absolute Gasteiger partial charge is 0.507 e. The molecule has 116 valence electrons. The minimum Gasteiger partial charge on any atom is -0.507 e. The van der Waals surface area contributed by atoms with Crippen LogP contribution >= 0.6 is 0 Å². The number of carbonyl (C=O) groups is 1. The summed E-state index contributed by atoms with van der Waals surface area (Å²) < 4.78 is 15.0. The number of amides is 1. The van der Waals surface area contributed by atoms with E-state index in [1.54, 1.807) is 15.8 Å². The predicted octanol–water partition coefficient (Wildman–Crippen LogP) is 1.23. The lowest BCUT2D eigenvalue weighted by atomic mass is 10.1. The Morgan fingerprint density at radius 2 is 2.00 bits per heavy atom. The third-order valence-electron chi connectivity index (χ3n) is 3.81. The summed E-state index contributed by atoms with van der Waals surface area (Å²) in [6.45, 7) is 2.38. The number of aryl methyl sites for hydroxylation is 1. The number of anilines is 1. The molecule has 3 rings (SSSR count). The highest BCUT2D eigenvalue weighted by Crippen LogP contribution is 2.21. The van der Waals surface area contributed by atoms with Crippen LogP contribution in [0.3, 0.4) is 0 Å². The Morgan fingerprint density at radius 3 is 2.64 bits per heavy atom. The topological polar surface area (TPSA) is 61.6 Å². The molecule has 0 radical (unpaired) electrons. The Morgan fingerprint density at radius 1 is 1.27 bits per heavy atom. The fraction of sp³-hybridized carbons (Fsp3) is 0.333. The van der Waals surface area contributed by atoms with Crippen molar-refractivity contribution in [1.29, 1.82) is 0 Å². The molecule has 22 heavy (non-hydrogen) atoms. The van der Waals surface area contributed by atoms with Crippen molar-refractivity contribution in [3.63, 3.8) is 0 Å². The number of phenols is 1. The molecular formula is C15H17FN4O2. The van der Waals surface area contributed by atoms with Crippen LogP contribution in [-0.2, 0) is 7.05 Å². The lowest BCUT2D eigenvalue weighted by Gasteiger charge is -2.35. The van der Waals surface area contributed by atoms with Gasteiger partial charge in [0.25, 0.3) is 5.91 Å². The van der Waals surface area contributed by atoms with Gasteiger partial charge in [0.1, 0.15) is 11.6 Å². The normalized spacial score (nSPS) is 15.2. The number of benzene rings is 1. The summed E-state index contributed by atoms with van der Waals surface area (Å²) in [5.74, 6) is -1.07. The average molecular weight is 304 g/mol. The Bertz CT molecular complexity index is 693. The standard InChI is InChI=1S/C15H17FN4O2/c1-18-10-12(9-17-18)19-4-6-20(7-5-19)15(22)13-8-11(16)2-3-14(13)21/h2-3,8-10,21H,4-7H2,1H3. The summed E-state index contributed by atoms with van der Waals surface area (Å²) >= 11 is 0. The molecule has 0 atom stereocenters. The number of halogens is 1. The Kier molecular flexibility index (Phi) is 3.70. The van der Waals surface area contributed by atoms with Crippen molar-refractivity contribution in [3.8, 4) is 5.75 Å². The van der Waals surface area contributed by atoms with E-state index in [1.165, 1.54) is 6.07 Å². The molecule has 0 aliphatic carbocycles. The van der Waals surface area contributed by atoms with Gasteiger partial charge in [0.2, 0.25) is 0 Å². The summed E-state index contributed by atoms with van der Waals surface area (Å²) in [7, 11) is 1.86. The third kappa shape index (κ3) is 2.74. The van der Waals surface area contributed by atoms with Gasteiger partial charge in [0.05, 0.1) is 17.4 Å². The number of hydrogen-bond acceptors (Lipinski definition) is 4. The van der Waals surface area contributed by atoms with E-state index in [0.717, 1.165) is 17.8 Å². The van der Waals surface area contributed by atoms with Gasteiger partial charge in [0, 0.05) is 39.4 Å². The highest BCUT2D eigenvalue weighted by atomic mass is 19.1. The second-order valence-corrected chi connectivity index (χ2v) is 5.31. The van der Waals surface area contributed by atoms with Crippen LogP contribution in [0.5, 0.6) is 5.75 Å². The van der Waals surface area contributed by atoms with Gasteiger partial charge in [-0.05, 0) is 18.2 Å². The van der Waals surface area contributed by atoms with Crippen LogP contribution in [0, 0.1) is 5.82 Å². The van der Waals surface area contributed by atoms with Crippen LogP contribution in [0.15, 0.2) is 30.6 Å². The second kappa shape index (κ2) is 5.67. The molecule has 6 nitrogen and oxygen atoms in total. The van der Waals surface area contributed by atoms with E-state index in [-0.39, 0.29) is 17.2 Å². The van der Waals surface area contributed by atoms with Gasteiger partial charge in [-0.2, -0.15) is 5.10 Å². The molecule has 1 aromatic heterocycles. The molecule has 1 fully saturated rings. The van der Waals surface area contributed by atoms with E-state index >= 15 is 0 Å². The van der Waals surface area contributed by atoms with Crippen molar-refractivity contribution in [2.45, 2.75) is 0 Å². The average Bonchev–Trinajstić information content (AvgIpc) is 2.96. The first-order chi connectivity index (χ1) is 10.5. The number of rotatable bonds is 2. The van der Waals surface area contributed by atoms with E-state index < -0.39 is 5.82 Å². The fourth-order valence-electron chi connectivity index (χ4n) is 2.59. The number of carbonyl (C=O) groups excluding carboxylic acids is 1. The van der Waals surface area contributed by atoms with E-state index in [9.17, 15) is 14.3 Å². The van der Waals surface area contributed by atoms with E-state index in [2.05, 4.69) is 10.00 Å². The van der Waals surface area contributed by atoms with Gasteiger partial charge < -0.3 is 14.9 Å². The first-order valence-electron chi connectivity index (χ1n) is 7.06. The highest BCUT2D eigenvalue weighted by Gasteiger charge is 2.24. The van der Waals surface area contributed by atoms with Gasteiger partial charge >= 0.3 is 0 Å². The molecule has 7 heteroatoms. The Labute approximate surface area is 127 Å². The molecule has 2 aromatic rings. The van der Waals surface area contributed by atoms with Crippen molar-refractivity contribution in [2.24, 2.45) is 7.05 Å². The minimum atomic E-state index is -0.532.